The zero-order chi connectivity index (χ0) is 13.6. The van der Waals surface area contributed by atoms with Crippen LogP contribution in [0.2, 0.25) is 0 Å². The third-order valence-electron chi connectivity index (χ3n) is 3.37. The minimum absolute atomic E-state index is 0.0978. The van der Waals surface area contributed by atoms with Crippen LogP contribution in [0.5, 0.6) is 0 Å². The van der Waals surface area contributed by atoms with Gasteiger partial charge in [0.05, 0.1) is 11.5 Å². The van der Waals surface area contributed by atoms with Gasteiger partial charge in [-0.1, -0.05) is 23.8 Å². The van der Waals surface area contributed by atoms with Gasteiger partial charge in [-0.05, 0) is 38.8 Å². The van der Waals surface area contributed by atoms with Gasteiger partial charge in [0.15, 0.2) is 9.84 Å². The Kier molecular flexibility index (Phi) is 3.28. The minimum Gasteiger partial charge on any atom is -0.303 e. The molecule has 1 fully saturated rings. The molecule has 1 aromatic carbocycles. The summed E-state index contributed by atoms with van der Waals surface area (Å²) in [5, 5.41) is 3.45. The van der Waals surface area contributed by atoms with E-state index >= 15 is 0 Å². The first kappa shape index (κ1) is 13.6. The van der Waals surface area contributed by atoms with Crippen molar-refractivity contribution in [3.05, 3.63) is 34.9 Å². The maximum absolute atomic E-state index is 12.0. The molecule has 1 unspecified atom stereocenters. The van der Waals surface area contributed by atoms with Crippen LogP contribution in [0, 0.1) is 13.8 Å². The Bertz CT molecular complexity index is 561. The van der Waals surface area contributed by atoms with Crippen molar-refractivity contribution < 1.29 is 8.42 Å². The summed E-state index contributed by atoms with van der Waals surface area (Å²) in [4.78, 5) is 0. The zero-order valence-electron chi connectivity index (χ0n) is 11.4. The molecule has 0 amide bonds. The van der Waals surface area contributed by atoms with E-state index in [-0.39, 0.29) is 23.1 Å². The first-order valence-electron chi connectivity index (χ1n) is 6.24. The van der Waals surface area contributed by atoms with Crippen LogP contribution >= 0.6 is 0 Å². The lowest BCUT2D eigenvalue weighted by Gasteiger charge is -2.37. The Morgan fingerprint density at radius 1 is 1.28 bits per heavy atom. The molecule has 1 N–H and O–H groups in total. The zero-order valence-corrected chi connectivity index (χ0v) is 12.3. The summed E-state index contributed by atoms with van der Waals surface area (Å²) in [5.74, 6) is 0.405. The quantitative estimate of drug-likeness (QED) is 0.848. The molecule has 0 bridgehead atoms. The van der Waals surface area contributed by atoms with E-state index in [0.29, 0.717) is 0 Å². The van der Waals surface area contributed by atoms with Gasteiger partial charge in [-0.2, -0.15) is 0 Å². The molecule has 1 saturated heterocycles. The van der Waals surface area contributed by atoms with Crippen LogP contribution < -0.4 is 5.32 Å². The van der Waals surface area contributed by atoms with Crippen LogP contribution in [0.1, 0.15) is 36.6 Å². The topological polar surface area (TPSA) is 46.2 Å². The number of benzene rings is 1. The summed E-state index contributed by atoms with van der Waals surface area (Å²) in [6, 6.07) is 6.09. The van der Waals surface area contributed by atoms with E-state index in [0.717, 1.165) is 11.1 Å². The Morgan fingerprint density at radius 2 is 1.94 bits per heavy atom. The van der Waals surface area contributed by atoms with E-state index < -0.39 is 9.84 Å². The molecule has 100 valence electrons. The summed E-state index contributed by atoms with van der Waals surface area (Å²) in [6.45, 7) is 7.98. The fraction of sp³-hybridized carbons (Fsp3) is 0.571. The van der Waals surface area contributed by atoms with Crippen LogP contribution in [0.4, 0.5) is 0 Å². The number of hydrogen-bond donors (Lipinski definition) is 1. The molecule has 1 aliphatic heterocycles. The van der Waals surface area contributed by atoms with Crippen molar-refractivity contribution in [1.29, 1.82) is 0 Å². The summed E-state index contributed by atoms with van der Waals surface area (Å²) in [7, 11) is -2.98. The molecule has 1 heterocycles. The number of hydrogen-bond acceptors (Lipinski definition) is 3. The van der Waals surface area contributed by atoms with Crippen molar-refractivity contribution in [3.63, 3.8) is 0 Å². The van der Waals surface area contributed by atoms with Gasteiger partial charge < -0.3 is 5.32 Å². The molecule has 0 aromatic heterocycles. The first-order chi connectivity index (χ1) is 8.19. The van der Waals surface area contributed by atoms with Crippen LogP contribution in [0.15, 0.2) is 18.2 Å². The van der Waals surface area contributed by atoms with Crippen molar-refractivity contribution in [3.8, 4) is 0 Å². The molecule has 3 nitrogen and oxygen atoms in total. The average molecular weight is 267 g/mol. The highest BCUT2D eigenvalue weighted by Gasteiger charge is 2.37. The van der Waals surface area contributed by atoms with Gasteiger partial charge in [0.2, 0.25) is 0 Å². The van der Waals surface area contributed by atoms with Gasteiger partial charge >= 0.3 is 0 Å². The van der Waals surface area contributed by atoms with Gasteiger partial charge in [-0.15, -0.1) is 0 Å². The monoisotopic (exact) mass is 267 g/mol. The van der Waals surface area contributed by atoms with Crippen molar-refractivity contribution in [2.24, 2.45) is 0 Å². The summed E-state index contributed by atoms with van der Waals surface area (Å²) >= 11 is 0. The number of rotatable bonds is 1. The van der Waals surface area contributed by atoms with Crippen LogP contribution in [-0.2, 0) is 9.84 Å². The predicted octanol–water partition coefficient (Wildman–Crippen LogP) is 2.14. The van der Waals surface area contributed by atoms with Crippen molar-refractivity contribution >= 4 is 9.84 Å². The highest BCUT2D eigenvalue weighted by atomic mass is 32.2. The first-order valence-corrected chi connectivity index (χ1v) is 8.06. The van der Waals surface area contributed by atoms with Crippen LogP contribution in [-0.4, -0.2) is 25.5 Å². The molecule has 1 aromatic rings. The molecule has 2 rings (SSSR count). The lowest BCUT2D eigenvalue weighted by molar-refractivity contribution is 0.359. The van der Waals surface area contributed by atoms with Crippen molar-refractivity contribution in [2.45, 2.75) is 39.3 Å². The smallest absolute Gasteiger partial charge is 0.153 e. The molecule has 0 aliphatic carbocycles. The molecular weight excluding hydrogens is 246 g/mol. The second kappa shape index (κ2) is 4.35. The van der Waals surface area contributed by atoms with E-state index in [2.05, 4.69) is 11.4 Å². The van der Waals surface area contributed by atoms with Gasteiger partial charge in [0.1, 0.15) is 0 Å². The fourth-order valence-corrected chi connectivity index (χ4v) is 4.87. The van der Waals surface area contributed by atoms with E-state index in [1.807, 2.05) is 39.8 Å². The summed E-state index contributed by atoms with van der Waals surface area (Å²) < 4.78 is 24.0. The Hall–Kier alpha value is -0.870. The van der Waals surface area contributed by atoms with Gasteiger partial charge in [-0.25, -0.2) is 8.42 Å². The second-order valence-corrected chi connectivity index (χ2v) is 8.10. The molecular formula is C14H21NO2S. The van der Waals surface area contributed by atoms with E-state index in [1.54, 1.807) is 0 Å². The third kappa shape index (κ3) is 2.93. The maximum atomic E-state index is 12.0. The molecule has 1 atom stereocenters. The van der Waals surface area contributed by atoms with E-state index in [1.165, 1.54) is 5.56 Å². The largest absolute Gasteiger partial charge is 0.303 e. The van der Waals surface area contributed by atoms with Gasteiger partial charge in [0.25, 0.3) is 0 Å². The second-order valence-electron chi connectivity index (χ2n) is 6.00. The molecule has 1 aliphatic rings. The van der Waals surface area contributed by atoms with Gasteiger partial charge in [0, 0.05) is 11.6 Å². The normalized spacial score (nSPS) is 25.9. The Labute approximate surface area is 110 Å². The molecule has 0 spiro atoms. The highest BCUT2D eigenvalue weighted by molar-refractivity contribution is 7.91. The third-order valence-corrected chi connectivity index (χ3v) is 5.37. The summed E-state index contributed by atoms with van der Waals surface area (Å²) in [6.07, 6.45) is 0. The highest BCUT2D eigenvalue weighted by Crippen LogP contribution is 2.28. The maximum Gasteiger partial charge on any atom is 0.153 e. The van der Waals surface area contributed by atoms with Gasteiger partial charge in [-0.3, -0.25) is 0 Å². The fourth-order valence-electron chi connectivity index (χ4n) is 2.80. The number of nitrogens with one attached hydrogen (secondary N) is 1. The predicted molar refractivity (Wildman–Crippen MR) is 74.5 cm³/mol. The lowest BCUT2D eigenvalue weighted by atomic mass is 9.97. The minimum atomic E-state index is -2.98. The standard InChI is InChI=1S/C14H21NO2S/c1-10-5-6-12(11(2)7-10)13-8-18(16,17)9-14(3,4)15-13/h5-7,13,15H,8-9H2,1-4H3. The summed E-state index contributed by atoms with van der Waals surface area (Å²) in [5.41, 5.74) is 3.09. The Balaban J connectivity index is 2.38. The number of sulfone groups is 1. The molecule has 18 heavy (non-hydrogen) atoms. The SMILES string of the molecule is Cc1ccc(C2CS(=O)(=O)CC(C)(C)N2)c(C)c1. The van der Waals surface area contributed by atoms with Crippen LogP contribution in [0.25, 0.3) is 0 Å². The molecule has 0 saturated carbocycles. The average Bonchev–Trinajstić information content (AvgIpc) is 2.11. The van der Waals surface area contributed by atoms with Crippen molar-refractivity contribution in [2.75, 3.05) is 11.5 Å². The Morgan fingerprint density at radius 3 is 2.50 bits per heavy atom. The number of aryl methyl sites for hydroxylation is 2. The van der Waals surface area contributed by atoms with E-state index in [9.17, 15) is 8.42 Å². The van der Waals surface area contributed by atoms with E-state index in [4.69, 9.17) is 0 Å². The van der Waals surface area contributed by atoms with Crippen molar-refractivity contribution in [1.82, 2.24) is 5.32 Å². The lowest BCUT2D eigenvalue weighted by Crippen LogP contribution is -2.54. The van der Waals surface area contributed by atoms with Crippen LogP contribution in [0.3, 0.4) is 0 Å². The molecule has 0 radical (unpaired) electrons. The molecule has 4 heteroatoms.